The monoisotopic (exact) mass is 466 g/mol. The van der Waals surface area contributed by atoms with Crippen molar-refractivity contribution in [2.75, 3.05) is 19.6 Å². The smallest absolute Gasteiger partial charge is 0.254 e. The van der Waals surface area contributed by atoms with E-state index >= 15 is 0 Å². The molecule has 0 saturated carbocycles. The van der Waals surface area contributed by atoms with Gasteiger partial charge in [0.25, 0.3) is 5.91 Å². The van der Waals surface area contributed by atoms with Crippen LogP contribution >= 0.6 is 0 Å². The largest absolute Gasteiger partial charge is 0.336 e. The van der Waals surface area contributed by atoms with Crippen LogP contribution in [-0.2, 0) is 6.54 Å². The maximum absolute atomic E-state index is 14.3. The Hall–Kier alpha value is -3.12. The third-order valence-electron chi connectivity index (χ3n) is 6.57. The quantitative estimate of drug-likeness (QED) is 0.435. The first-order chi connectivity index (χ1) is 16.3. The van der Waals surface area contributed by atoms with Crippen LogP contribution < -0.4 is 0 Å². The fourth-order valence-electron chi connectivity index (χ4n) is 4.77. The van der Waals surface area contributed by atoms with Crippen LogP contribution in [0.25, 0.3) is 0 Å². The van der Waals surface area contributed by atoms with Crippen molar-refractivity contribution >= 4 is 5.91 Å². The minimum absolute atomic E-state index is 0.0629. The molecule has 1 saturated heterocycles. The molecule has 2 unspecified atom stereocenters. The van der Waals surface area contributed by atoms with Crippen LogP contribution in [0.2, 0.25) is 0 Å². The van der Waals surface area contributed by atoms with E-state index in [0.29, 0.717) is 37.3 Å². The van der Waals surface area contributed by atoms with Crippen molar-refractivity contribution in [1.82, 2.24) is 9.80 Å². The molecule has 0 spiro atoms. The van der Waals surface area contributed by atoms with E-state index in [1.54, 1.807) is 29.2 Å². The number of carbonyl (C=O) groups is 1. The van der Waals surface area contributed by atoms with Crippen LogP contribution in [0, 0.1) is 23.4 Å². The van der Waals surface area contributed by atoms with Crippen LogP contribution in [0.4, 0.5) is 13.2 Å². The highest BCUT2D eigenvalue weighted by Crippen LogP contribution is 2.35. The summed E-state index contributed by atoms with van der Waals surface area (Å²) in [4.78, 5) is 17.3. The van der Waals surface area contributed by atoms with Gasteiger partial charge in [-0.25, -0.2) is 13.2 Å². The number of amides is 1. The molecule has 34 heavy (non-hydrogen) atoms. The van der Waals surface area contributed by atoms with Gasteiger partial charge in [0, 0.05) is 49.3 Å². The zero-order valence-corrected chi connectivity index (χ0v) is 19.4. The highest BCUT2D eigenvalue weighted by atomic mass is 19.1. The van der Waals surface area contributed by atoms with Crippen LogP contribution in [0.1, 0.15) is 41.3 Å². The van der Waals surface area contributed by atoms with E-state index in [1.807, 2.05) is 19.9 Å². The Morgan fingerprint density at radius 2 is 1.53 bits per heavy atom. The van der Waals surface area contributed by atoms with Gasteiger partial charge < -0.3 is 4.90 Å². The first-order valence-electron chi connectivity index (χ1n) is 11.6. The molecule has 0 aliphatic carbocycles. The lowest BCUT2D eigenvalue weighted by molar-refractivity contribution is 0.0668. The molecule has 1 fully saturated rings. The molecule has 0 N–H and O–H groups in total. The molecule has 3 aromatic carbocycles. The number of nitrogens with zero attached hydrogens (tertiary/aromatic N) is 2. The first-order valence-corrected chi connectivity index (χ1v) is 11.6. The van der Waals surface area contributed by atoms with E-state index in [-0.39, 0.29) is 41.2 Å². The van der Waals surface area contributed by atoms with E-state index in [9.17, 15) is 18.0 Å². The molecule has 0 bridgehead atoms. The number of rotatable bonds is 7. The maximum Gasteiger partial charge on any atom is 0.254 e. The second kappa shape index (κ2) is 10.4. The molecule has 1 aliphatic rings. The summed E-state index contributed by atoms with van der Waals surface area (Å²) in [5, 5.41) is 0. The van der Waals surface area contributed by atoms with Gasteiger partial charge in [-0.05, 0) is 67.8 Å². The molecule has 3 nitrogen and oxygen atoms in total. The second-order valence-electron chi connectivity index (χ2n) is 9.26. The summed E-state index contributed by atoms with van der Waals surface area (Å²) in [6.07, 6.45) is 0. The van der Waals surface area contributed by atoms with Crippen LogP contribution in [0.3, 0.4) is 0 Å². The van der Waals surface area contributed by atoms with Gasteiger partial charge >= 0.3 is 0 Å². The van der Waals surface area contributed by atoms with Crippen molar-refractivity contribution in [3.05, 3.63) is 107 Å². The lowest BCUT2D eigenvalue weighted by Crippen LogP contribution is -2.42. The summed E-state index contributed by atoms with van der Waals surface area (Å²) in [6.45, 7) is 6.23. The van der Waals surface area contributed by atoms with E-state index in [2.05, 4.69) is 4.90 Å². The van der Waals surface area contributed by atoms with Crippen LogP contribution in [0.5, 0.6) is 0 Å². The molecule has 2 atom stereocenters. The van der Waals surface area contributed by atoms with Gasteiger partial charge in [0.1, 0.15) is 17.5 Å². The number of benzene rings is 3. The van der Waals surface area contributed by atoms with Gasteiger partial charge in [-0.1, -0.05) is 30.3 Å². The van der Waals surface area contributed by atoms with Crippen LogP contribution in [-0.4, -0.2) is 41.4 Å². The molecule has 178 valence electrons. The van der Waals surface area contributed by atoms with E-state index in [0.717, 1.165) is 5.56 Å². The number of hydrogen-bond donors (Lipinski definition) is 0. The molecule has 1 amide bonds. The average molecular weight is 467 g/mol. The van der Waals surface area contributed by atoms with E-state index < -0.39 is 0 Å². The molecule has 4 rings (SSSR count). The summed E-state index contributed by atoms with van der Waals surface area (Å²) >= 11 is 0. The number of likely N-dealkylation sites (tertiary alicyclic amines) is 1. The summed E-state index contributed by atoms with van der Waals surface area (Å²) < 4.78 is 41.3. The third-order valence-corrected chi connectivity index (χ3v) is 6.57. The Labute approximate surface area is 198 Å². The normalized spacial score (nSPS) is 18.4. The molecule has 3 aromatic rings. The van der Waals surface area contributed by atoms with Gasteiger partial charge in [-0.3, -0.25) is 9.69 Å². The fraction of sp³-hybridized carbons (Fsp3) is 0.321. The number of hydrogen-bond acceptors (Lipinski definition) is 2. The molecular formula is C28H29F3N2O. The highest BCUT2D eigenvalue weighted by Gasteiger charge is 2.36. The van der Waals surface area contributed by atoms with E-state index in [4.69, 9.17) is 0 Å². The standard InChI is InChI=1S/C28H29F3N2O/c1-19(2)33(28(34)21-9-13-25(30)14-10-21)17-23-16-32(15-22-5-3-4-6-27(22)31)18-26(23)20-7-11-24(29)12-8-20/h3-14,19,23,26H,15-18H2,1-2H3. The summed E-state index contributed by atoms with van der Waals surface area (Å²) in [7, 11) is 0. The molecule has 0 radical (unpaired) electrons. The predicted molar refractivity (Wildman–Crippen MR) is 127 cm³/mol. The Bertz CT molecular complexity index is 1120. The average Bonchev–Trinajstić information content (AvgIpc) is 3.21. The number of halogens is 3. The third kappa shape index (κ3) is 5.50. The van der Waals surface area contributed by atoms with E-state index in [1.165, 1.54) is 42.5 Å². The summed E-state index contributed by atoms with van der Waals surface area (Å²) in [5.41, 5.74) is 2.07. The lowest BCUT2D eigenvalue weighted by atomic mass is 9.88. The minimum atomic E-state index is -0.386. The Morgan fingerprint density at radius 3 is 2.15 bits per heavy atom. The van der Waals surface area contributed by atoms with Gasteiger partial charge in [-0.2, -0.15) is 0 Å². The summed E-state index contributed by atoms with van der Waals surface area (Å²) in [6, 6.07) is 18.8. The van der Waals surface area contributed by atoms with Crippen molar-refractivity contribution in [3.8, 4) is 0 Å². The first kappa shape index (κ1) is 24.0. The summed E-state index contributed by atoms with van der Waals surface area (Å²) in [5.74, 6) is -0.931. The fourth-order valence-corrected chi connectivity index (χ4v) is 4.77. The molecule has 1 heterocycles. The van der Waals surface area contributed by atoms with Crippen LogP contribution in [0.15, 0.2) is 72.8 Å². The van der Waals surface area contributed by atoms with Gasteiger partial charge in [0.2, 0.25) is 0 Å². The Kier molecular flexibility index (Phi) is 7.37. The second-order valence-corrected chi connectivity index (χ2v) is 9.26. The molecule has 0 aromatic heterocycles. The lowest BCUT2D eigenvalue weighted by Gasteiger charge is -2.32. The molecular weight excluding hydrogens is 437 g/mol. The SMILES string of the molecule is CC(C)N(CC1CN(Cc2ccccc2F)CC1c1ccc(F)cc1)C(=O)c1ccc(F)cc1. The van der Waals surface area contributed by atoms with Gasteiger partial charge in [-0.15, -0.1) is 0 Å². The zero-order chi connectivity index (χ0) is 24.2. The maximum atomic E-state index is 14.3. The highest BCUT2D eigenvalue weighted by molar-refractivity contribution is 5.94. The molecule has 1 aliphatic heterocycles. The minimum Gasteiger partial charge on any atom is -0.336 e. The topological polar surface area (TPSA) is 23.6 Å². The van der Waals surface area contributed by atoms with Crippen molar-refractivity contribution in [2.45, 2.75) is 32.4 Å². The van der Waals surface area contributed by atoms with Gasteiger partial charge in [0.05, 0.1) is 0 Å². The van der Waals surface area contributed by atoms with Crippen molar-refractivity contribution in [2.24, 2.45) is 5.92 Å². The van der Waals surface area contributed by atoms with Crippen molar-refractivity contribution in [3.63, 3.8) is 0 Å². The van der Waals surface area contributed by atoms with Crippen molar-refractivity contribution < 1.29 is 18.0 Å². The Balaban J connectivity index is 1.58. The zero-order valence-electron chi connectivity index (χ0n) is 19.4. The molecule has 6 heteroatoms. The predicted octanol–water partition coefficient (Wildman–Crippen LogP) is 5.87. The Morgan fingerprint density at radius 1 is 0.912 bits per heavy atom. The van der Waals surface area contributed by atoms with Crippen molar-refractivity contribution in [1.29, 1.82) is 0 Å². The number of carbonyl (C=O) groups excluding carboxylic acids is 1. The van der Waals surface area contributed by atoms with Gasteiger partial charge in [0.15, 0.2) is 0 Å².